The van der Waals surface area contributed by atoms with Crippen LogP contribution in [0.15, 0.2) is 77.7 Å². The third kappa shape index (κ3) is 4.03. The highest BCUT2D eigenvalue weighted by Gasteiger charge is 2.23. The molecule has 0 atom stereocenters. The molecule has 3 nitrogen and oxygen atoms in total. The van der Waals surface area contributed by atoms with E-state index in [4.69, 9.17) is 0 Å². The van der Waals surface area contributed by atoms with Crippen molar-refractivity contribution in [2.75, 3.05) is 4.72 Å². The van der Waals surface area contributed by atoms with Crippen molar-refractivity contribution in [1.29, 1.82) is 0 Å². The van der Waals surface area contributed by atoms with Crippen LogP contribution in [0.1, 0.15) is 11.1 Å². The predicted molar refractivity (Wildman–Crippen MR) is 92.9 cm³/mol. The average molecular weight is 359 g/mol. The molecule has 0 saturated carbocycles. The molecule has 0 amide bonds. The smallest absolute Gasteiger partial charge is 0.267 e. The Bertz CT molecular complexity index is 969. The molecule has 1 N–H and O–H groups in total. The molecule has 0 aliphatic carbocycles. The lowest BCUT2D eigenvalue weighted by Crippen LogP contribution is -2.16. The minimum Gasteiger partial charge on any atom is -0.279 e. The fraction of sp³-hybridized carbons (Fsp3) is 0.0526. The monoisotopic (exact) mass is 359 g/mol. The Morgan fingerprint density at radius 3 is 2.04 bits per heavy atom. The van der Waals surface area contributed by atoms with Crippen LogP contribution in [0.4, 0.5) is 14.5 Å². The van der Waals surface area contributed by atoms with Crippen molar-refractivity contribution in [3.05, 3.63) is 95.6 Å². The standard InChI is InChI=1S/C19H15F2NO2S/c20-17-10-5-11-18(21)19(17)25(23,24)22-16-9-4-8-15(13-16)12-14-6-2-1-3-7-14/h1-11,13,22H,12H2. The molecule has 128 valence electrons. The Hall–Kier alpha value is -2.73. The van der Waals surface area contributed by atoms with Gasteiger partial charge in [0, 0.05) is 5.69 Å². The Kier molecular flexibility index (Phi) is 4.81. The van der Waals surface area contributed by atoms with Crippen LogP contribution >= 0.6 is 0 Å². The van der Waals surface area contributed by atoms with E-state index >= 15 is 0 Å². The van der Waals surface area contributed by atoms with E-state index in [-0.39, 0.29) is 5.69 Å². The molecule has 0 spiro atoms. The number of benzene rings is 3. The molecule has 0 radical (unpaired) electrons. The van der Waals surface area contributed by atoms with Crippen LogP contribution < -0.4 is 4.72 Å². The maximum absolute atomic E-state index is 13.8. The summed E-state index contributed by atoms with van der Waals surface area (Å²) >= 11 is 0. The number of nitrogens with one attached hydrogen (secondary N) is 1. The summed E-state index contributed by atoms with van der Waals surface area (Å²) in [6.07, 6.45) is 0.616. The van der Waals surface area contributed by atoms with Crippen molar-refractivity contribution in [2.24, 2.45) is 0 Å². The topological polar surface area (TPSA) is 46.2 Å². The van der Waals surface area contributed by atoms with Gasteiger partial charge >= 0.3 is 0 Å². The Balaban J connectivity index is 1.87. The molecule has 0 saturated heterocycles. The molecule has 0 fully saturated rings. The summed E-state index contributed by atoms with van der Waals surface area (Å²) in [5.74, 6) is -2.26. The second kappa shape index (κ2) is 7.03. The maximum Gasteiger partial charge on any atom is 0.267 e. The first-order valence-corrected chi connectivity index (χ1v) is 9.04. The summed E-state index contributed by atoms with van der Waals surface area (Å²) in [6, 6.07) is 19.3. The van der Waals surface area contributed by atoms with Crippen LogP contribution in [0.25, 0.3) is 0 Å². The van der Waals surface area contributed by atoms with Gasteiger partial charge in [0.2, 0.25) is 0 Å². The highest BCUT2D eigenvalue weighted by Crippen LogP contribution is 2.23. The Morgan fingerprint density at radius 1 is 0.760 bits per heavy atom. The van der Waals surface area contributed by atoms with Crippen molar-refractivity contribution in [3.8, 4) is 0 Å². The number of sulfonamides is 1. The van der Waals surface area contributed by atoms with E-state index in [2.05, 4.69) is 4.72 Å². The Labute approximate surface area is 145 Å². The van der Waals surface area contributed by atoms with Gasteiger partial charge in [-0.2, -0.15) is 0 Å². The highest BCUT2D eigenvalue weighted by atomic mass is 32.2. The van der Waals surface area contributed by atoms with Crippen molar-refractivity contribution in [3.63, 3.8) is 0 Å². The fourth-order valence-corrected chi connectivity index (χ4v) is 3.71. The van der Waals surface area contributed by atoms with E-state index in [1.54, 1.807) is 12.1 Å². The van der Waals surface area contributed by atoms with E-state index in [1.165, 1.54) is 6.07 Å². The molecule has 0 bridgehead atoms. The fourth-order valence-electron chi connectivity index (χ4n) is 2.52. The van der Waals surface area contributed by atoms with Crippen molar-refractivity contribution < 1.29 is 17.2 Å². The molecule has 3 aromatic carbocycles. The van der Waals surface area contributed by atoms with Crippen LogP contribution in [0.2, 0.25) is 0 Å². The average Bonchev–Trinajstić information content (AvgIpc) is 2.55. The highest BCUT2D eigenvalue weighted by molar-refractivity contribution is 7.92. The summed E-state index contributed by atoms with van der Waals surface area (Å²) in [4.78, 5) is -0.983. The lowest BCUT2D eigenvalue weighted by molar-refractivity contribution is 0.521. The number of halogens is 2. The molecular weight excluding hydrogens is 344 g/mol. The van der Waals surface area contributed by atoms with E-state index in [0.29, 0.717) is 6.42 Å². The first-order valence-electron chi connectivity index (χ1n) is 7.55. The third-order valence-electron chi connectivity index (χ3n) is 3.62. The molecular formula is C19H15F2NO2S. The van der Waals surface area contributed by atoms with Crippen LogP contribution in [0.3, 0.4) is 0 Å². The van der Waals surface area contributed by atoms with Crippen molar-refractivity contribution >= 4 is 15.7 Å². The van der Waals surface area contributed by atoms with E-state index in [9.17, 15) is 17.2 Å². The maximum atomic E-state index is 13.8. The zero-order valence-electron chi connectivity index (χ0n) is 13.1. The molecule has 0 heterocycles. The number of anilines is 1. The summed E-state index contributed by atoms with van der Waals surface area (Å²) in [7, 11) is -4.36. The number of rotatable bonds is 5. The van der Waals surface area contributed by atoms with Crippen LogP contribution in [-0.4, -0.2) is 8.42 Å². The minimum absolute atomic E-state index is 0.246. The zero-order chi connectivity index (χ0) is 17.9. The quantitative estimate of drug-likeness (QED) is 0.736. The minimum atomic E-state index is -4.36. The van der Waals surface area contributed by atoms with E-state index in [1.807, 2.05) is 36.4 Å². The van der Waals surface area contributed by atoms with Gasteiger partial charge in [0.15, 0.2) is 4.90 Å². The molecule has 6 heteroatoms. The molecule has 0 aliphatic rings. The SMILES string of the molecule is O=S(=O)(Nc1cccc(Cc2ccccc2)c1)c1c(F)cccc1F. The summed E-state index contributed by atoms with van der Waals surface area (Å²) < 4.78 is 54.4. The Morgan fingerprint density at radius 2 is 1.36 bits per heavy atom. The van der Waals surface area contributed by atoms with Gasteiger partial charge in [-0.05, 0) is 41.8 Å². The summed E-state index contributed by atoms with van der Waals surface area (Å²) in [5, 5.41) is 0. The predicted octanol–water partition coefficient (Wildman–Crippen LogP) is 4.36. The van der Waals surface area contributed by atoms with Gasteiger partial charge in [0.05, 0.1) is 0 Å². The molecule has 25 heavy (non-hydrogen) atoms. The van der Waals surface area contributed by atoms with E-state index < -0.39 is 26.6 Å². The number of hydrogen-bond acceptors (Lipinski definition) is 2. The first-order chi connectivity index (χ1) is 12.0. The van der Waals surface area contributed by atoms with Gasteiger partial charge < -0.3 is 0 Å². The van der Waals surface area contributed by atoms with E-state index in [0.717, 1.165) is 29.3 Å². The van der Waals surface area contributed by atoms with Gasteiger partial charge in [-0.25, -0.2) is 17.2 Å². The lowest BCUT2D eigenvalue weighted by atomic mass is 10.0. The van der Waals surface area contributed by atoms with Gasteiger partial charge in [-0.15, -0.1) is 0 Å². The molecule has 0 aromatic heterocycles. The summed E-state index contributed by atoms with van der Waals surface area (Å²) in [6.45, 7) is 0. The van der Waals surface area contributed by atoms with Gasteiger partial charge in [0.1, 0.15) is 11.6 Å². The largest absolute Gasteiger partial charge is 0.279 e. The van der Waals surface area contributed by atoms with Gasteiger partial charge in [-0.1, -0.05) is 48.5 Å². The first kappa shape index (κ1) is 17.1. The molecule has 3 rings (SSSR count). The molecule has 3 aromatic rings. The van der Waals surface area contributed by atoms with Crippen LogP contribution in [0, 0.1) is 11.6 Å². The van der Waals surface area contributed by atoms with Crippen LogP contribution in [-0.2, 0) is 16.4 Å². The van der Waals surface area contributed by atoms with Gasteiger partial charge in [-0.3, -0.25) is 4.72 Å². The third-order valence-corrected chi connectivity index (χ3v) is 5.05. The molecule has 0 aliphatic heterocycles. The van der Waals surface area contributed by atoms with Crippen molar-refractivity contribution in [2.45, 2.75) is 11.3 Å². The number of hydrogen-bond donors (Lipinski definition) is 1. The normalized spacial score (nSPS) is 11.3. The second-order valence-corrected chi connectivity index (χ2v) is 7.14. The van der Waals surface area contributed by atoms with Crippen molar-refractivity contribution in [1.82, 2.24) is 0 Å². The van der Waals surface area contributed by atoms with Crippen LogP contribution in [0.5, 0.6) is 0 Å². The van der Waals surface area contributed by atoms with Gasteiger partial charge in [0.25, 0.3) is 10.0 Å². The molecule has 0 unspecified atom stereocenters. The zero-order valence-corrected chi connectivity index (χ0v) is 13.9. The summed E-state index contributed by atoms with van der Waals surface area (Å²) in [5.41, 5.74) is 2.19. The lowest BCUT2D eigenvalue weighted by Gasteiger charge is -2.11. The second-order valence-electron chi connectivity index (χ2n) is 5.52.